The molecule has 0 fully saturated rings. The summed E-state index contributed by atoms with van der Waals surface area (Å²) in [5, 5.41) is 13.8. The van der Waals surface area contributed by atoms with E-state index in [9.17, 15) is 14.7 Å². The number of aliphatic hydroxyl groups excluding tert-OH is 1. The minimum Gasteiger partial charge on any atom is -0.392 e. The fourth-order valence-electron chi connectivity index (χ4n) is 2.93. The molecule has 3 N–H and O–H groups in total. The largest absolute Gasteiger partial charge is 0.392 e. The highest BCUT2D eigenvalue weighted by Gasteiger charge is 2.20. The normalized spacial score (nSPS) is 10.8. The summed E-state index contributed by atoms with van der Waals surface area (Å²) in [6.45, 7) is 1.58. The molecule has 0 radical (unpaired) electrons. The first-order valence-corrected chi connectivity index (χ1v) is 8.27. The number of benzene rings is 2. The molecular formula is C19H17ClN2O3. The van der Waals surface area contributed by atoms with Crippen LogP contribution in [0.15, 0.2) is 47.3 Å². The smallest absolute Gasteiger partial charge is 0.261 e. The van der Waals surface area contributed by atoms with E-state index < -0.39 is 18.1 Å². The van der Waals surface area contributed by atoms with Gasteiger partial charge in [-0.05, 0) is 42.3 Å². The van der Waals surface area contributed by atoms with E-state index >= 15 is 0 Å². The maximum absolute atomic E-state index is 12.7. The van der Waals surface area contributed by atoms with Crippen molar-refractivity contribution in [2.45, 2.75) is 20.0 Å². The molecule has 25 heavy (non-hydrogen) atoms. The van der Waals surface area contributed by atoms with Gasteiger partial charge in [0.1, 0.15) is 5.56 Å². The number of halogens is 1. The molecule has 1 aromatic heterocycles. The zero-order valence-electron chi connectivity index (χ0n) is 13.6. The Morgan fingerprint density at radius 1 is 1.20 bits per heavy atom. The highest BCUT2D eigenvalue weighted by molar-refractivity contribution is 6.30. The van der Waals surface area contributed by atoms with Crippen molar-refractivity contribution in [3.63, 3.8) is 0 Å². The minimum atomic E-state index is -0.569. The van der Waals surface area contributed by atoms with Crippen molar-refractivity contribution >= 4 is 34.1 Å². The van der Waals surface area contributed by atoms with Crippen LogP contribution in [-0.2, 0) is 13.0 Å². The van der Waals surface area contributed by atoms with Crippen molar-refractivity contribution in [2.75, 3.05) is 5.32 Å². The average molecular weight is 357 g/mol. The second kappa shape index (κ2) is 7.09. The van der Waals surface area contributed by atoms with E-state index in [1.807, 2.05) is 19.1 Å². The van der Waals surface area contributed by atoms with Crippen LogP contribution in [0, 0.1) is 0 Å². The monoisotopic (exact) mass is 356 g/mol. The molecule has 3 aromatic rings. The minimum absolute atomic E-state index is 0.0779. The molecule has 3 rings (SSSR count). The molecule has 0 unspecified atom stereocenters. The van der Waals surface area contributed by atoms with Gasteiger partial charge in [0.2, 0.25) is 0 Å². The van der Waals surface area contributed by atoms with Crippen LogP contribution in [0.4, 0.5) is 5.69 Å². The number of carbonyl (C=O) groups is 1. The third kappa shape index (κ3) is 3.29. The number of aliphatic hydroxyl groups is 1. The Labute approximate surface area is 149 Å². The van der Waals surface area contributed by atoms with E-state index in [1.165, 1.54) is 0 Å². The van der Waals surface area contributed by atoms with Crippen LogP contribution in [0.5, 0.6) is 0 Å². The molecule has 0 aliphatic rings. The van der Waals surface area contributed by atoms with Crippen LogP contribution in [0.25, 0.3) is 10.9 Å². The predicted octanol–water partition coefficient (Wildman–Crippen LogP) is 3.49. The molecule has 128 valence electrons. The average Bonchev–Trinajstić information content (AvgIpc) is 2.61. The summed E-state index contributed by atoms with van der Waals surface area (Å²) >= 11 is 5.84. The van der Waals surface area contributed by atoms with Gasteiger partial charge in [0.25, 0.3) is 11.5 Å². The first kappa shape index (κ1) is 17.2. The zero-order valence-corrected chi connectivity index (χ0v) is 14.4. The number of hydrogen-bond donors (Lipinski definition) is 3. The zero-order chi connectivity index (χ0) is 18.0. The first-order valence-electron chi connectivity index (χ1n) is 7.89. The van der Waals surface area contributed by atoms with Gasteiger partial charge in [0, 0.05) is 27.2 Å². The Bertz CT molecular complexity index is 994. The van der Waals surface area contributed by atoms with Crippen LogP contribution in [0.1, 0.15) is 28.4 Å². The second-order valence-corrected chi connectivity index (χ2v) is 6.06. The van der Waals surface area contributed by atoms with Crippen LogP contribution in [-0.4, -0.2) is 16.0 Å². The van der Waals surface area contributed by atoms with Gasteiger partial charge in [-0.15, -0.1) is 0 Å². The summed E-state index contributed by atoms with van der Waals surface area (Å²) in [6.07, 6.45) is 0.717. The number of aromatic nitrogens is 1. The molecule has 0 atom stereocenters. The number of amides is 1. The SMILES string of the molecule is CCc1cccc2[nH]c(=O)c(C(=O)Nc3ccc(Cl)cc3)c(CO)c12. The molecule has 6 heteroatoms. The van der Waals surface area contributed by atoms with Gasteiger partial charge in [-0.1, -0.05) is 30.7 Å². The van der Waals surface area contributed by atoms with Crippen LogP contribution < -0.4 is 10.9 Å². The van der Waals surface area contributed by atoms with Crippen molar-refractivity contribution in [3.8, 4) is 0 Å². The van der Waals surface area contributed by atoms with E-state index in [0.717, 1.165) is 5.56 Å². The summed E-state index contributed by atoms with van der Waals surface area (Å²) in [5.41, 5.74) is 1.81. The van der Waals surface area contributed by atoms with Crippen molar-refractivity contribution < 1.29 is 9.90 Å². The lowest BCUT2D eigenvalue weighted by atomic mass is 9.97. The third-order valence-corrected chi connectivity index (χ3v) is 4.35. The number of H-pyrrole nitrogens is 1. The molecule has 0 bridgehead atoms. The Morgan fingerprint density at radius 2 is 1.92 bits per heavy atom. The first-order chi connectivity index (χ1) is 12.0. The van der Waals surface area contributed by atoms with E-state index in [0.29, 0.717) is 33.6 Å². The quantitative estimate of drug-likeness (QED) is 0.669. The van der Waals surface area contributed by atoms with E-state index in [1.54, 1.807) is 30.3 Å². The third-order valence-electron chi connectivity index (χ3n) is 4.10. The van der Waals surface area contributed by atoms with E-state index in [2.05, 4.69) is 10.3 Å². The Hall–Kier alpha value is -2.63. The van der Waals surface area contributed by atoms with Crippen molar-refractivity contribution in [2.24, 2.45) is 0 Å². The van der Waals surface area contributed by atoms with Crippen LogP contribution in [0.2, 0.25) is 5.02 Å². The predicted molar refractivity (Wildman–Crippen MR) is 99.3 cm³/mol. The number of fused-ring (bicyclic) bond motifs is 1. The van der Waals surface area contributed by atoms with Gasteiger partial charge in [-0.2, -0.15) is 0 Å². The fraction of sp³-hybridized carbons (Fsp3) is 0.158. The molecule has 0 saturated carbocycles. The number of anilines is 1. The van der Waals surface area contributed by atoms with Gasteiger partial charge >= 0.3 is 0 Å². The van der Waals surface area contributed by atoms with E-state index in [4.69, 9.17) is 11.6 Å². The molecule has 1 heterocycles. The maximum atomic E-state index is 12.7. The van der Waals surface area contributed by atoms with Crippen LogP contribution >= 0.6 is 11.6 Å². The van der Waals surface area contributed by atoms with Crippen LogP contribution in [0.3, 0.4) is 0 Å². The topological polar surface area (TPSA) is 82.2 Å². The Kier molecular flexibility index (Phi) is 4.88. The number of aryl methyl sites for hydroxylation is 1. The van der Waals surface area contributed by atoms with Gasteiger partial charge in [0.15, 0.2) is 0 Å². The molecule has 0 aliphatic carbocycles. The summed E-state index contributed by atoms with van der Waals surface area (Å²) in [6, 6.07) is 12.1. The number of aromatic amines is 1. The Morgan fingerprint density at radius 3 is 2.56 bits per heavy atom. The Balaban J connectivity index is 2.14. The lowest BCUT2D eigenvalue weighted by Gasteiger charge is -2.13. The lowest BCUT2D eigenvalue weighted by Crippen LogP contribution is -2.26. The van der Waals surface area contributed by atoms with Gasteiger partial charge < -0.3 is 15.4 Å². The summed E-state index contributed by atoms with van der Waals surface area (Å²) < 4.78 is 0. The van der Waals surface area contributed by atoms with Crippen molar-refractivity contribution in [1.29, 1.82) is 0 Å². The number of rotatable bonds is 4. The number of hydrogen-bond acceptors (Lipinski definition) is 3. The fourth-order valence-corrected chi connectivity index (χ4v) is 3.05. The maximum Gasteiger partial charge on any atom is 0.261 e. The number of nitrogens with one attached hydrogen (secondary N) is 2. The molecule has 0 spiro atoms. The summed E-state index contributed by atoms with van der Waals surface area (Å²) in [4.78, 5) is 27.9. The second-order valence-electron chi connectivity index (χ2n) is 5.62. The summed E-state index contributed by atoms with van der Waals surface area (Å²) in [5.74, 6) is -0.569. The number of pyridine rings is 1. The molecular weight excluding hydrogens is 340 g/mol. The molecule has 5 nitrogen and oxygen atoms in total. The lowest BCUT2D eigenvalue weighted by molar-refractivity contribution is 0.102. The van der Waals surface area contributed by atoms with Gasteiger partial charge in [-0.3, -0.25) is 9.59 Å². The van der Waals surface area contributed by atoms with Gasteiger partial charge in [0.05, 0.1) is 6.61 Å². The standard InChI is InChI=1S/C19H17ClN2O3/c1-2-11-4-3-5-15-16(11)14(10-23)17(19(25)22-15)18(24)21-13-8-6-12(20)7-9-13/h3-9,23H,2,10H2,1H3,(H,21,24)(H,22,25). The molecule has 0 aliphatic heterocycles. The van der Waals surface area contributed by atoms with Gasteiger partial charge in [-0.25, -0.2) is 0 Å². The highest BCUT2D eigenvalue weighted by Crippen LogP contribution is 2.24. The number of carbonyl (C=O) groups excluding carboxylic acids is 1. The summed E-state index contributed by atoms with van der Waals surface area (Å²) in [7, 11) is 0. The molecule has 2 aromatic carbocycles. The molecule has 0 saturated heterocycles. The van der Waals surface area contributed by atoms with Crippen molar-refractivity contribution in [3.05, 3.63) is 74.5 Å². The molecule has 1 amide bonds. The van der Waals surface area contributed by atoms with E-state index in [-0.39, 0.29) is 5.56 Å². The van der Waals surface area contributed by atoms with Crippen molar-refractivity contribution in [1.82, 2.24) is 4.98 Å². The highest BCUT2D eigenvalue weighted by atomic mass is 35.5.